The van der Waals surface area contributed by atoms with Crippen molar-refractivity contribution in [1.29, 1.82) is 0 Å². The van der Waals surface area contributed by atoms with Gasteiger partial charge in [-0.05, 0) is 74.1 Å². The summed E-state index contributed by atoms with van der Waals surface area (Å²) < 4.78 is 1.16. The maximum atomic E-state index is 3.72. The molecule has 0 fully saturated rings. The summed E-state index contributed by atoms with van der Waals surface area (Å²) in [4.78, 5) is 0. The van der Waals surface area contributed by atoms with Crippen molar-refractivity contribution in [3.8, 4) is 0 Å². The Hall–Kier alpha value is -2.12. The number of fused-ring (bicyclic) bond motifs is 2. The van der Waals surface area contributed by atoms with Crippen LogP contribution >= 0.6 is 15.9 Å². The van der Waals surface area contributed by atoms with Gasteiger partial charge in [0.05, 0.1) is 0 Å². The van der Waals surface area contributed by atoms with Crippen LogP contribution in [0.5, 0.6) is 0 Å². The Morgan fingerprint density at radius 3 is 1.74 bits per heavy atom. The van der Waals surface area contributed by atoms with Crippen molar-refractivity contribution in [3.05, 3.63) is 70.2 Å². The van der Waals surface area contributed by atoms with Crippen molar-refractivity contribution >= 4 is 59.0 Å². The van der Waals surface area contributed by atoms with Crippen molar-refractivity contribution in [1.82, 2.24) is 0 Å². The second-order valence-corrected chi connectivity index (χ2v) is 7.29. The minimum Gasteiger partial charge on any atom is -0.0610 e. The van der Waals surface area contributed by atoms with Gasteiger partial charge in [-0.25, -0.2) is 0 Å². The van der Waals surface area contributed by atoms with Gasteiger partial charge in [0.1, 0.15) is 0 Å². The van der Waals surface area contributed by atoms with E-state index in [1.54, 1.807) is 0 Å². The molecule has 0 nitrogen and oxygen atoms in total. The summed E-state index contributed by atoms with van der Waals surface area (Å²) in [5.74, 6) is 0. The molecule has 0 bridgehead atoms. The molecule has 0 heterocycles. The van der Waals surface area contributed by atoms with E-state index in [1.165, 1.54) is 54.2 Å². The lowest BCUT2D eigenvalue weighted by atomic mass is 9.87. The molecule has 0 radical (unpaired) electrons. The van der Waals surface area contributed by atoms with Gasteiger partial charge in [0.25, 0.3) is 0 Å². The van der Waals surface area contributed by atoms with Crippen molar-refractivity contribution in [2.24, 2.45) is 0 Å². The Balaban J connectivity index is 2.27. The zero-order chi connectivity index (χ0) is 15.7. The van der Waals surface area contributed by atoms with Gasteiger partial charge in [0, 0.05) is 4.47 Å². The fourth-order valence-corrected chi connectivity index (χ4v) is 4.60. The predicted molar refractivity (Wildman–Crippen MR) is 105 cm³/mol. The molecule has 110 valence electrons. The Bertz CT molecular complexity index is 1180. The smallest absolute Gasteiger partial charge is 0.0254 e. The average Bonchev–Trinajstić information content (AvgIpc) is 2.56. The third-order valence-electron chi connectivity index (χ3n) is 5.15. The molecule has 0 saturated heterocycles. The van der Waals surface area contributed by atoms with E-state index in [9.17, 15) is 0 Å². The fraction of sp³-hybridized carbons (Fsp3) is 0.0909. The minimum atomic E-state index is 1.16. The molecule has 0 unspecified atom stereocenters. The monoisotopic (exact) mass is 358 g/mol. The molecule has 5 aromatic carbocycles. The number of halogens is 1. The molecule has 1 heteroatoms. The van der Waals surface area contributed by atoms with Gasteiger partial charge in [0.15, 0.2) is 0 Å². The summed E-state index contributed by atoms with van der Waals surface area (Å²) in [6.45, 7) is 4.43. The largest absolute Gasteiger partial charge is 0.0610 e. The maximum Gasteiger partial charge on any atom is 0.0254 e. The van der Waals surface area contributed by atoms with E-state index in [0.29, 0.717) is 0 Å². The first kappa shape index (κ1) is 13.3. The van der Waals surface area contributed by atoms with Crippen LogP contribution in [0.2, 0.25) is 0 Å². The van der Waals surface area contributed by atoms with Gasteiger partial charge in [-0.3, -0.25) is 0 Å². The number of benzene rings is 5. The van der Waals surface area contributed by atoms with Gasteiger partial charge in [0.2, 0.25) is 0 Å². The molecule has 0 aliphatic rings. The molecule has 0 aromatic heterocycles. The summed E-state index contributed by atoms with van der Waals surface area (Å²) in [5.41, 5.74) is 2.71. The van der Waals surface area contributed by atoms with E-state index in [-0.39, 0.29) is 0 Å². The van der Waals surface area contributed by atoms with E-state index in [1.807, 2.05) is 0 Å². The summed E-state index contributed by atoms with van der Waals surface area (Å²) in [7, 11) is 0. The molecule has 0 spiro atoms. The van der Waals surface area contributed by atoms with Crippen LogP contribution in [0.3, 0.4) is 0 Å². The Labute approximate surface area is 143 Å². The average molecular weight is 359 g/mol. The first-order valence-electron chi connectivity index (χ1n) is 7.92. The Kier molecular flexibility index (Phi) is 2.58. The molecular formula is C22H15Br. The molecule has 0 aliphatic heterocycles. The van der Waals surface area contributed by atoms with Crippen molar-refractivity contribution in [2.45, 2.75) is 13.8 Å². The van der Waals surface area contributed by atoms with Crippen LogP contribution in [0.4, 0.5) is 0 Å². The molecule has 23 heavy (non-hydrogen) atoms. The molecule has 0 N–H and O–H groups in total. The van der Waals surface area contributed by atoms with Gasteiger partial charge in [-0.15, -0.1) is 0 Å². The lowest BCUT2D eigenvalue weighted by molar-refractivity contribution is 1.48. The number of aryl methyl sites for hydroxylation is 2. The Morgan fingerprint density at radius 2 is 1.04 bits per heavy atom. The van der Waals surface area contributed by atoms with Crippen LogP contribution in [0.15, 0.2) is 59.1 Å². The van der Waals surface area contributed by atoms with E-state index < -0.39 is 0 Å². The lowest BCUT2D eigenvalue weighted by Gasteiger charge is -2.17. The molecule has 5 aromatic rings. The standard InChI is InChI=1S/C22H15Br/c1-12-6-8-16-14-4-3-5-18-19(23)11-10-15(21(14)18)17-9-7-13(2)20(12)22(16)17/h3-11H,1-2H3. The fourth-order valence-electron chi connectivity index (χ4n) is 4.14. The highest BCUT2D eigenvalue weighted by atomic mass is 79.9. The van der Waals surface area contributed by atoms with E-state index in [2.05, 4.69) is 84.4 Å². The van der Waals surface area contributed by atoms with E-state index in [0.717, 1.165) is 4.47 Å². The molecular weight excluding hydrogens is 344 g/mol. The highest BCUT2D eigenvalue weighted by molar-refractivity contribution is 9.10. The van der Waals surface area contributed by atoms with Crippen LogP contribution in [-0.4, -0.2) is 0 Å². The molecule has 0 saturated carbocycles. The number of hydrogen-bond donors (Lipinski definition) is 0. The summed E-state index contributed by atoms with van der Waals surface area (Å²) >= 11 is 3.72. The third kappa shape index (κ3) is 1.61. The Morgan fingerprint density at radius 1 is 0.522 bits per heavy atom. The van der Waals surface area contributed by atoms with E-state index >= 15 is 0 Å². The van der Waals surface area contributed by atoms with Crippen LogP contribution < -0.4 is 0 Å². The van der Waals surface area contributed by atoms with Crippen LogP contribution in [0.25, 0.3) is 43.1 Å². The van der Waals surface area contributed by atoms with Crippen molar-refractivity contribution in [3.63, 3.8) is 0 Å². The quantitative estimate of drug-likeness (QED) is 0.204. The number of hydrogen-bond acceptors (Lipinski definition) is 0. The summed E-state index contributed by atoms with van der Waals surface area (Å²) in [5, 5.41) is 10.9. The summed E-state index contributed by atoms with van der Waals surface area (Å²) in [6, 6.07) is 20.2. The maximum absolute atomic E-state index is 3.72. The minimum absolute atomic E-state index is 1.16. The SMILES string of the molecule is Cc1ccc2c3cccc4c(Br)ccc(c5ccc(C)c1c25)c43. The van der Waals surface area contributed by atoms with Gasteiger partial charge < -0.3 is 0 Å². The van der Waals surface area contributed by atoms with Gasteiger partial charge >= 0.3 is 0 Å². The topological polar surface area (TPSA) is 0 Å². The first-order chi connectivity index (χ1) is 11.2. The first-order valence-corrected chi connectivity index (χ1v) is 8.71. The van der Waals surface area contributed by atoms with Crippen LogP contribution in [-0.2, 0) is 0 Å². The predicted octanol–water partition coefficient (Wildman–Crippen LogP) is 7.12. The molecule has 0 amide bonds. The highest BCUT2D eigenvalue weighted by Crippen LogP contribution is 2.43. The summed E-state index contributed by atoms with van der Waals surface area (Å²) in [6.07, 6.45) is 0. The van der Waals surface area contributed by atoms with Crippen LogP contribution in [0.1, 0.15) is 11.1 Å². The second-order valence-electron chi connectivity index (χ2n) is 6.43. The van der Waals surface area contributed by atoms with Crippen molar-refractivity contribution in [2.75, 3.05) is 0 Å². The molecule has 5 rings (SSSR count). The molecule has 0 aliphatic carbocycles. The van der Waals surface area contributed by atoms with Crippen molar-refractivity contribution < 1.29 is 0 Å². The molecule has 0 atom stereocenters. The van der Waals surface area contributed by atoms with E-state index in [4.69, 9.17) is 0 Å². The van der Waals surface area contributed by atoms with Gasteiger partial charge in [-0.2, -0.15) is 0 Å². The highest BCUT2D eigenvalue weighted by Gasteiger charge is 2.15. The zero-order valence-electron chi connectivity index (χ0n) is 13.1. The second kappa shape index (κ2) is 4.46. The zero-order valence-corrected chi connectivity index (χ0v) is 14.7. The lowest BCUT2D eigenvalue weighted by Crippen LogP contribution is -1.90. The number of rotatable bonds is 0. The van der Waals surface area contributed by atoms with Crippen LogP contribution in [0, 0.1) is 13.8 Å². The normalized spacial score (nSPS) is 12.1. The van der Waals surface area contributed by atoms with Gasteiger partial charge in [-0.1, -0.05) is 64.5 Å². The third-order valence-corrected chi connectivity index (χ3v) is 5.84.